The molecule has 2 atom stereocenters. The second-order valence-corrected chi connectivity index (χ2v) is 9.97. The number of aromatic nitrogens is 2. The maximum Gasteiger partial charge on any atom is 0.253 e. The molecule has 1 aromatic carbocycles. The predicted molar refractivity (Wildman–Crippen MR) is 123 cm³/mol. The molecule has 1 aliphatic rings. The second kappa shape index (κ2) is 8.15. The normalized spacial score (nSPS) is 19.9. The Bertz CT molecular complexity index is 1130. The lowest BCUT2D eigenvalue weighted by Gasteiger charge is -2.52. The number of carbonyl (C=O) groups excluding carboxylic acids is 2. The van der Waals surface area contributed by atoms with Crippen LogP contribution >= 0.6 is 31.9 Å². The summed E-state index contributed by atoms with van der Waals surface area (Å²) >= 11 is 6.83. The average Bonchev–Trinajstić information content (AvgIpc) is 3.20. The Morgan fingerprint density at radius 2 is 1.97 bits per heavy atom. The van der Waals surface area contributed by atoms with Crippen molar-refractivity contribution in [2.24, 2.45) is 11.3 Å². The lowest BCUT2D eigenvalue weighted by atomic mass is 9.58. The smallest absolute Gasteiger partial charge is 0.253 e. The van der Waals surface area contributed by atoms with Crippen molar-refractivity contribution in [3.63, 3.8) is 0 Å². The van der Waals surface area contributed by atoms with Crippen LogP contribution < -0.4 is 10.6 Å². The highest BCUT2D eigenvalue weighted by Gasteiger charge is 2.48. The largest absolute Gasteiger partial charge is 0.352 e. The molecule has 2 aromatic heterocycles. The minimum Gasteiger partial charge on any atom is -0.352 e. The van der Waals surface area contributed by atoms with E-state index in [1.807, 2.05) is 36.5 Å². The topological polar surface area (TPSA) is 75.5 Å². The summed E-state index contributed by atoms with van der Waals surface area (Å²) in [5.74, 6) is 0.0713. The van der Waals surface area contributed by atoms with E-state index in [1.165, 1.54) is 0 Å². The summed E-state index contributed by atoms with van der Waals surface area (Å²) in [5.41, 5.74) is 1.88. The van der Waals surface area contributed by atoms with E-state index in [0.717, 1.165) is 20.9 Å². The average molecular weight is 534 g/mol. The zero-order valence-corrected chi connectivity index (χ0v) is 19.8. The first kappa shape index (κ1) is 21.1. The Morgan fingerprint density at radius 3 is 2.73 bits per heavy atom. The highest BCUT2D eigenvalue weighted by molar-refractivity contribution is 9.11. The number of nitrogens with zero attached hydrogens (tertiary/aromatic N) is 2. The van der Waals surface area contributed by atoms with Crippen LogP contribution in [0, 0.1) is 11.3 Å². The summed E-state index contributed by atoms with van der Waals surface area (Å²) in [6, 6.07) is 11.0. The van der Waals surface area contributed by atoms with E-state index >= 15 is 0 Å². The van der Waals surface area contributed by atoms with Gasteiger partial charge in [0.15, 0.2) is 0 Å². The van der Waals surface area contributed by atoms with Crippen LogP contribution in [0.25, 0.3) is 5.52 Å². The number of amides is 2. The van der Waals surface area contributed by atoms with Gasteiger partial charge in [-0.3, -0.25) is 9.59 Å². The van der Waals surface area contributed by atoms with Gasteiger partial charge in [0.05, 0.1) is 22.8 Å². The van der Waals surface area contributed by atoms with Crippen LogP contribution in [0.2, 0.25) is 0 Å². The molecular weight excluding hydrogens is 512 g/mol. The number of halogens is 2. The molecule has 0 radical (unpaired) electrons. The summed E-state index contributed by atoms with van der Waals surface area (Å²) in [4.78, 5) is 25.4. The Labute approximate surface area is 191 Å². The number of fused-ring (bicyclic) bond motifs is 1. The molecule has 6 nitrogen and oxygen atoms in total. The van der Waals surface area contributed by atoms with Crippen LogP contribution in [0.15, 0.2) is 57.7 Å². The molecule has 1 aliphatic carbocycles. The third-order valence-electron chi connectivity index (χ3n) is 6.14. The molecule has 4 rings (SSSR count). The molecule has 1 saturated carbocycles. The summed E-state index contributed by atoms with van der Waals surface area (Å²) in [7, 11) is 0. The molecule has 156 valence electrons. The monoisotopic (exact) mass is 532 g/mol. The van der Waals surface area contributed by atoms with Crippen molar-refractivity contribution in [3.8, 4) is 0 Å². The van der Waals surface area contributed by atoms with Crippen LogP contribution in [0.1, 0.15) is 41.0 Å². The van der Waals surface area contributed by atoms with E-state index in [0.29, 0.717) is 17.7 Å². The fourth-order valence-electron chi connectivity index (χ4n) is 3.97. The Balaban J connectivity index is 1.37. The lowest BCUT2D eigenvalue weighted by molar-refractivity contribution is 0.0150. The third kappa shape index (κ3) is 3.90. The van der Waals surface area contributed by atoms with Crippen LogP contribution in [0.3, 0.4) is 0 Å². The fourth-order valence-corrected chi connectivity index (χ4v) is 4.76. The highest BCUT2D eigenvalue weighted by Crippen LogP contribution is 2.46. The van der Waals surface area contributed by atoms with Crippen molar-refractivity contribution >= 4 is 49.2 Å². The first-order valence-corrected chi connectivity index (χ1v) is 11.3. The van der Waals surface area contributed by atoms with Gasteiger partial charge in [-0.05, 0) is 70.1 Å². The van der Waals surface area contributed by atoms with Crippen LogP contribution in [-0.2, 0) is 0 Å². The highest BCUT2D eigenvalue weighted by atomic mass is 79.9. The Kier molecular flexibility index (Phi) is 5.72. The molecule has 2 heterocycles. The number of hydrogen-bond acceptors (Lipinski definition) is 3. The summed E-state index contributed by atoms with van der Waals surface area (Å²) < 4.78 is 3.31. The standard InChI is InChI=1S/C22H22Br2N4O2/c1-22(2)13(12-25-20(29)16-11-14(23)5-6-17(16)24)10-19(22)27-21(30)15-4-3-9-28-18(15)7-8-26-28/h3-9,11,13,19H,10,12H2,1-2H3,(H,25,29)(H,27,30). The van der Waals surface area contributed by atoms with E-state index in [4.69, 9.17) is 0 Å². The van der Waals surface area contributed by atoms with Crippen molar-refractivity contribution in [1.29, 1.82) is 0 Å². The molecule has 0 spiro atoms. The predicted octanol–water partition coefficient (Wildman–Crippen LogP) is 4.43. The molecular formula is C22H22Br2N4O2. The maximum atomic E-state index is 12.8. The molecule has 3 aromatic rings. The molecule has 0 bridgehead atoms. The van der Waals surface area contributed by atoms with Crippen LogP contribution in [0.5, 0.6) is 0 Å². The van der Waals surface area contributed by atoms with Gasteiger partial charge in [0.2, 0.25) is 0 Å². The van der Waals surface area contributed by atoms with Gasteiger partial charge < -0.3 is 10.6 Å². The molecule has 0 aliphatic heterocycles. The molecule has 0 saturated heterocycles. The quantitative estimate of drug-likeness (QED) is 0.509. The minimum atomic E-state index is -0.122. The van der Waals surface area contributed by atoms with Gasteiger partial charge in [-0.25, -0.2) is 4.52 Å². The Hall–Kier alpha value is -2.19. The molecule has 2 amide bonds. The summed E-state index contributed by atoms with van der Waals surface area (Å²) in [6.45, 7) is 4.83. The molecule has 2 N–H and O–H groups in total. The number of nitrogens with one attached hydrogen (secondary N) is 2. The molecule has 30 heavy (non-hydrogen) atoms. The van der Waals surface area contributed by atoms with E-state index in [2.05, 4.69) is 61.4 Å². The van der Waals surface area contributed by atoms with E-state index < -0.39 is 0 Å². The van der Waals surface area contributed by atoms with E-state index in [1.54, 1.807) is 16.8 Å². The Morgan fingerprint density at radius 1 is 1.17 bits per heavy atom. The number of rotatable bonds is 5. The van der Waals surface area contributed by atoms with Gasteiger partial charge in [-0.1, -0.05) is 29.8 Å². The zero-order chi connectivity index (χ0) is 21.5. The number of pyridine rings is 1. The van der Waals surface area contributed by atoms with E-state index in [-0.39, 0.29) is 29.2 Å². The van der Waals surface area contributed by atoms with Crippen molar-refractivity contribution in [3.05, 3.63) is 68.9 Å². The molecule has 2 unspecified atom stereocenters. The number of benzene rings is 1. The fraction of sp³-hybridized carbons (Fsp3) is 0.318. The number of hydrogen-bond donors (Lipinski definition) is 2. The first-order chi connectivity index (χ1) is 14.3. The van der Waals surface area contributed by atoms with E-state index in [9.17, 15) is 9.59 Å². The van der Waals surface area contributed by atoms with Gasteiger partial charge >= 0.3 is 0 Å². The SMILES string of the molecule is CC1(C)C(CNC(=O)c2cc(Br)ccc2Br)CC1NC(=O)c1cccn2nccc12. The summed E-state index contributed by atoms with van der Waals surface area (Å²) in [5, 5.41) is 10.4. The zero-order valence-electron chi connectivity index (χ0n) is 16.7. The van der Waals surface area contributed by atoms with Gasteiger partial charge in [0.25, 0.3) is 11.8 Å². The van der Waals surface area contributed by atoms with Gasteiger partial charge in [-0.15, -0.1) is 0 Å². The lowest BCUT2D eigenvalue weighted by Crippen LogP contribution is -2.60. The van der Waals surface area contributed by atoms with Crippen LogP contribution in [-0.4, -0.2) is 34.0 Å². The van der Waals surface area contributed by atoms with Crippen molar-refractivity contribution in [2.75, 3.05) is 6.54 Å². The second-order valence-electron chi connectivity index (χ2n) is 8.20. The third-order valence-corrected chi connectivity index (χ3v) is 7.32. The van der Waals surface area contributed by atoms with Gasteiger partial charge in [0.1, 0.15) is 0 Å². The van der Waals surface area contributed by atoms with Crippen LogP contribution in [0.4, 0.5) is 0 Å². The number of carbonyl (C=O) groups is 2. The van der Waals surface area contributed by atoms with Crippen molar-refractivity contribution in [1.82, 2.24) is 20.2 Å². The maximum absolute atomic E-state index is 12.8. The van der Waals surface area contributed by atoms with Gasteiger partial charge in [-0.2, -0.15) is 5.10 Å². The minimum absolute atomic E-state index is 0.0488. The van der Waals surface area contributed by atoms with Crippen molar-refractivity contribution < 1.29 is 9.59 Å². The first-order valence-electron chi connectivity index (χ1n) is 9.74. The molecule has 1 fully saturated rings. The molecule has 8 heteroatoms. The van der Waals surface area contributed by atoms with Gasteiger partial charge in [0, 0.05) is 27.7 Å². The summed E-state index contributed by atoms with van der Waals surface area (Å²) in [6.07, 6.45) is 4.32. The van der Waals surface area contributed by atoms with Crippen molar-refractivity contribution in [2.45, 2.75) is 26.3 Å².